The van der Waals surface area contributed by atoms with Gasteiger partial charge >= 0.3 is 5.97 Å². The largest absolute Gasteiger partial charge is 0.478 e. The minimum atomic E-state index is -1.13. The third kappa shape index (κ3) is 5.08. The lowest BCUT2D eigenvalue weighted by molar-refractivity contribution is -0.384. The predicted molar refractivity (Wildman–Crippen MR) is 114 cm³/mol. The molecule has 3 rings (SSSR count). The third-order valence-corrected chi connectivity index (χ3v) is 4.53. The summed E-state index contributed by atoms with van der Waals surface area (Å²) < 4.78 is 6.34. The number of carboxylic acids is 1. The van der Waals surface area contributed by atoms with Crippen molar-refractivity contribution >= 4 is 45.8 Å². The Labute approximate surface area is 178 Å². The van der Waals surface area contributed by atoms with Crippen LogP contribution < -0.4 is 10.1 Å². The lowest BCUT2D eigenvalue weighted by Crippen LogP contribution is -2.14. The van der Waals surface area contributed by atoms with Crippen molar-refractivity contribution in [3.63, 3.8) is 0 Å². The molecule has 0 radical (unpaired) electrons. The SMILES string of the molecule is O=C(Nc1ccc(I)cc1C(=O)O)c1ccc(Oc2ccc([N+](=O)[O-])cc2)cc1. The number of halogens is 1. The van der Waals surface area contributed by atoms with Crippen molar-refractivity contribution in [3.8, 4) is 11.5 Å². The highest BCUT2D eigenvalue weighted by Crippen LogP contribution is 2.25. The summed E-state index contributed by atoms with van der Waals surface area (Å²) in [6.45, 7) is 0. The number of aromatic carboxylic acids is 1. The Morgan fingerprint density at radius 1 is 0.966 bits per heavy atom. The maximum absolute atomic E-state index is 12.4. The van der Waals surface area contributed by atoms with E-state index in [9.17, 15) is 24.8 Å². The lowest BCUT2D eigenvalue weighted by atomic mass is 10.1. The minimum absolute atomic E-state index is 0.00312. The number of rotatable bonds is 6. The van der Waals surface area contributed by atoms with E-state index in [0.717, 1.165) is 3.57 Å². The lowest BCUT2D eigenvalue weighted by Gasteiger charge is -2.10. The summed E-state index contributed by atoms with van der Waals surface area (Å²) in [7, 11) is 0. The molecule has 0 bridgehead atoms. The van der Waals surface area contributed by atoms with Crippen molar-refractivity contribution in [2.75, 3.05) is 5.32 Å². The molecule has 0 fully saturated rings. The average molecular weight is 504 g/mol. The molecule has 3 aromatic carbocycles. The normalized spacial score (nSPS) is 10.2. The molecule has 2 N–H and O–H groups in total. The van der Waals surface area contributed by atoms with E-state index >= 15 is 0 Å². The molecule has 3 aromatic rings. The maximum Gasteiger partial charge on any atom is 0.337 e. The highest BCUT2D eigenvalue weighted by Gasteiger charge is 2.14. The molecule has 0 spiro atoms. The van der Waals surface area contributed by atoms with Gasteiger partial charge in [-0.2, -0.15) is 0 Å². The molecule has 146 valence electrons. The van der Waals surface area contributed by atoms with Crippen molar-refractivity contribution in [3.05, 3.63) is 91.5 Å². The number of nitrogens with zero attached hydrogens (tertiary/aromatic N) is 1. The van der Waals surface area contributed by atoms with Gasteiger partial charge in [-0.05, 0) is 77.2 Å². The van der Waals surface area contributed by atoms with E-state index in [1.807, 2.05) is 22.6 Å². The summed E-state index contributed by atoms with van der Waals surface area (Å²) in [5.74, 6) is -0.741. The molecule has 8 nitrogen and oxygen atoms in total. The molecule has 0 aliphatic heterocycles. The monoisotopic (exact) mass is 504 g/mol. The zero-order valence-electron chi connectivity index (χ0n) is 14.7. The van der Waals surface area contributed by atoms with Crippen LogP contribution in [-0.4, -0.2) is 21.9 Å². The number of carboxylic acid groups (broad SMARTS) is 1. The minimum Gasteiger partial charge on any atom is -0.478 e. The summed E-state index contributed by atoms with van der Waals surface area (Å²) >= 11 is 1.99. The number of carbonyl (C=O) groups excluding carboxylic acids is 1. The molecular weight excluding hydrogens is 491 g/mol. The zero-order valence-corrected chi connectivity index (χ0v) is 16.8. The maximum atomic E-state index is 12.4. The highest BCUT2D eigenvalue weighted by molar-refractivity contribution is 14.1. The summed E-state index contributed by atoms with van der Waals surface area (Å²) in [5.41, 5.74) is 0.481. The van der Waals surface area contributed by atoms with Gasteiger partial charge in [0.05, 0.1) is 16.2 Å². The first-order valence-electron chi connectivity index (χ1n) is 8.20. The number of nitro benzene ring substituents is 1. The van der Waals surface area contributed by atoms with Crippen LogP contribution in [0.5, 0.6) is 11.5 Å². The van der Waals surface area contributed by atoms with Gasteiger partial charge in [-0.3, -0.25) is 14.9 Å². The molecule has 0 unspecified atom stereocenters. The van der Waals surface area contributed by atoms with E-state index in [-0.39, 0.29) is 16.9 Å². The molecular formula is C20H13IN2O6. The van der Waals surface area contributed by atoms with Gasteiger partial charge in [0.1, 0.15) is 11.5 Å². The second kappa shape index (κ2) is 8.69. The van der Waals surface area contributed by atoms with Crippen LogP contribution in [0, 0.1) is 13.7 Å². The second-order valence-electron chi connectivity index (χ2n) is 5.83. The van der Waals surface area contributed by atoms with E-state index in [0.29, 0.717) is 17.1 Å². The number of hydrogen-bond donors (Lipinski definition) is 2. The van der Waals surface area contributed by atoms with E-state index in [1.54, 1.807) is 18.2 Å². The Kier molecular flexibility index (Phi) is 6.07. The quantitative estimate of drug-likeness (QED) is 0.279. The first-order chi connectivity index (χ1) is 13.8. The molecule has 0 saturated carbocycles. The van der Waals surface area contributed by atoms with Gasteiger partial charge in [0.15, 0.2) is 0 Å². The molecule has 1 amide bonds. The number of anilines is 1. The van der Waals surface area contributed by atoms with E-state index < -0.39 is 16.8 Å². The first-order valence-corrected chi connectivity index (χ1v) is 9.28. The Balaban J connectivity index is 1.71. The second-order valence-corrected chi connectivity index (χ2v) is 7.07. The number of nitrogens with one attached hydrogen (secondary N) is 1. The first kappa shape index (κ1) is 20.3. The number of nitro groups is 1. The molecule has 0 atom stereocenters. The van der Waals surface area contributed by atoms with Gasteiger partial charge in [-0.15, -0.1) is 0 Å². The average Bonchev–Trinajstić information content (AvgIpc) is 2.70. The zero-order chi connectivity index (χ0) is 21.0. The molecule has 0 saturated heterocycles. The Hall–Kier alpha value is -3.47. The molecule has 0 aliphatic rings. The molecule has 0 aromatic heterocycles. The van der Waals surface area contributed by atoms with Crippen molar-refractivity contribution < 1.29 is 24.4 Å². The highest BCUT2D eigenvalue weighted by atomic mass is 127. The van der Waals surface area contributed by atoms with Crippen LogP contribution in [0.3, 0.4) is 0 Å². The van der Waals surface area contributed by atoms with Crippen LogP contribution in [0.15, 0.2) is 66.7 Å². The molecule has 0 heterocycles. The van der Waals surface area contributed by atoms with E-state index in [2.05, 4.69) is 5.32 Å². The van der Waals surface area contributed by atoms with Crippen molar-refractivity contribution in [2.45, 2.75) is 0 Å². The third-order valence-electron chi connectivity index (χ3n) is 3.86. The molecule has 0 aliphatic carbocycles. The fourth-order valence-electron chi connectivity index (χ4n) is 2.44. The van der Waals surface area contributed by atoms with E-state index in [1.165, 1.54) is 48.5 Å². The van der Waals surface area contributed by atoms with Gasteiger partial charge in [-0.25, -0.2) is 4.79 Å². The summed E-state index contributed by atoms with van der Waals surface area (Å²) in [6.07, 6.45) is 0. The van der Waals surface area contributed by atoms with Gasteiger partial charge in [-0.1, -0.05) is 0 Å². The van der Waals surface area contributed by atoms with Gasteiger partial charge < -0.3 is 15.2 Å². The number of non-ortho nitro benzene ring substituents is 1. The van der Waals surface area contributed by atoms with Crippen LogP contribution in [0.1, 0.15) is 20.7 Å². The molecule has 29 heavy (non-hydrogen) atoms. The van der Waals surface area contributed by atoms with Crippen LogP contribution in [0.4, 0.5) is 11.4 Å². The Bertz CT molecular complexity index is 1080. The number of carbonyl (C=O) groups is 2. The predicted octanol–water partition coefficient (Wildman–Crippen LogP) is 4.94. The van der Waals surface area contributed by atoms with Crippen LogP contribution in [0.25, 0.3) is 0 Å². The Morgan fingerprint density at radius 2 is 1.55 bits per heavy atom. The smallest absolute Gasteiger partial charge is 0.337 e. The van der Waals surface area contributed by atoms with Crippen molar-refractivity contribution in [1.29, 1.82) is 0 Å². The summed E-state index contributed by atoms with van der Waals surface area (Å²) in [5, 5.41) is 22.6. The Morgan fingerprint density at radius 3 is 2.10 bits per heavy atom. The standard InChI is InChI=1S/C20H13IN2O6/c21-13-3-10-18(17(11-13)20(25)26)22-19(24)12-1-6-15(7-2-12)29-16-8-4-14(5-9-16)23(27)28/h1-11H,(H,22,24)(H,25,26). The number of benzene rings is 3. The number of amides is 1. The van der Waals surface area contributed by atoms with Crippen LogP contribution >= 0.6 is 22.6 Å². The number of ether oxygens (including phenoxy) is 1. The number of hydrogen-bond acceptors (Lipinski definition) is 5. The molecule has 9 heteroatoms. The van der Waals surface area contributed by atoms with E-state index in [4.69, 9.17) is 4.74 Å². The van der Waals surface area contributed by atoms with Gasteiger partial charge in [0.25, 0.3) is 11.6 Å². The van der Waals surface area contributed by atoms with Crippen LogP contribution in [0.2, 0.25) is 0 Å². The summed E-state index contributed by atoms with van der Waals surface area (Å²) in [4.78, 5) is 34.0. The van der Waals surface area contributed by atoms with Crippen molar-refractivity contribution in [1.82, 2.24) is 0 Å². The van der Waals surface area contributed by atoms with Gasteiger partial charge in [0.2, 0.25) is 0 Å². The topological polar surface area (TPSA) is 119 Å². The fraction of sp³-hybridized carbons (Fsp3) is 0. The fourth-order valence-corrected chi connectivity index (χ4v) is 2.93. The van der Waals surface area contributed by atoms with Crippen LogP contribution in [-0.2, 0) is 0 Å². The van der Waals surface area contributed by atoms with Gasteiger partial charge in [0, 0.05) is 21.3 Å². The van der Waals surface area contributed by atoms with Crippen molar-refractivity contribution in [2.24, 2.45) is 0 Å². The summed E-state index contributed by atoms with van der Waals surface area (Å²) in [6, 6.07) is 16.5.